The van der Waals surface area contributed by atoms with Gasteiger partial charge in [0, 0.05) is 25.1 Å². The van der Waals surface area contributed by atoms with E-state index in [0.717, 1.165) is 29.9 Å². The van der Waals surface area contributed by atoms with E-state index >= 15 is 0 Å². The van der Waals surface area contributed by atoms with Crippen LogP contribution >= 0.6 is 0 Å². The first-order chi connectivity index (χ1) is 9.32. The topological polar surface area (TPSA) is 49.8 Å². The minimum Gasteiger partial charge on any atom is -0.373 e. The second-order valence-corrected chi connectivity index (χ2v) is 6.78. The molecule has 0 radical (unpaired) electrons. The molecule has 0 saturated carbocycles. The Morgan fingerprint density at radius 3 is 2.30 bits per heavy atom. The number of hydrogen-bond donors (Lipinski definition) is 2. The fourth-order valence-electron chi connectivity index (χ4n) is 1.90. The summed E-state index contributed by atoms with van der Waals surface area (Å²) in [5.74, 6) is 3.44. The van der Waals surface area contributed by atoms with Crippen LogP contribution in [0.4, 0.5) is 11.6 Å². The standard InChI is InChI=1S/C16H30N4/c1-12(2)9-7-8-10-18-14-11-13(17-6)19-15(20-14)16(3,4)5/h11-12H,7-10H2,1-6H3,(H2,17,18,19,20). The number of unbranched alkanes of at least 4 members (excludes halogenated alkanes) is 1. The minimum absolute atomic E-state index is 0.0407. The van der Waals surface area contributed by atoms with Crippen molar-refractivity contribution in [2.75, 3.05) is 24.2 Å². The molecule has 1 rings (SSSR count). The molecule has 1 aromatic heterocycles. The summed E-state index contributed by atoms with van der Waals surface area (Å²) in [4.78, 5) is 9.15. The summed E-state index contributed by atoms with van der Waals surface area (Å²) in [6.45, 7) is 11.9. The average Bonchev–Trinajstić information content (AvgIpc) is 2.36. The average molecular weight is 278 g/mol. The number of nitrogens with zero attached hydrogens (tertiary/aromatic N) is 2. The predicted molar refractivity (Wildman–Crippen MR) is 87.5 cm³/mol. The molecule has 2 N–H and O–H groups in total. The summed E-state index contributed by atoms with van der Waals surface area (Å²) >= 11 is 0. The van der Waals surface area contributed by atoms with E-state index in [2.05, 4.69) is 55.2 Å². The van der Waals surface area contributed by atoms with Crippen molar-refractivity contribution in [1.82, 2.24) is 9.97 Å². The largest absolute Gasteiger partial charge is 0.373 e. The van der Waals surface area contributed by atoms with E-state index in [0.29, 0.717) is 0 Å². The molecule has 0 bridgehead atoms. The minimum atomic E-state index is -0.0407. The molecule has 0 atom stereocenters. The van der Waals surface area contributed by atoms with Crippen molar-refractivity contribution in [3.63, 3.8) is 0 Å². The van der Waals surface area contributed by atoms with Crippen LogP contribution in [0.2, 0.25) is 0 Å². The van der Waals surface area contributed by atoms with Crippen molar-refractivity contribution in [1.29, 1.82) is 0 Å². The zero-order chi connectivity index (χ0) is 15.2. The summed E-state index contributed by atoms with van der Waals surface area (Å²) < 4.78 is 0. The van der Waals surface area contributed by atoms with Gasteiger partial charge in [0.1, 0.15) is 17.5 Å². The summed E-state index contributed by atoms with van der Waals surface area (Å²) in [5.41, 5.74) is -0.0407. The van der Waals surface area contributed by atoms with Crippen LogP contribution in [0.25, 0.3) is 0 Å². The third kappa shape index (κ3) is 5.76. The Hall–Kier alpha value is -1.32. The highest BCUT2D eigenvalue weighted by Gasteiger charge is 2.18. The van der Waals surface area contributed by atoms with Crippen LogP contribution in [0.1, 0.15) is 59.7 Å². The van der Waals surface area contributed by atoms with Gasteiger partial charge in [-0.1, -0.05) is 47.5 Å². The molecule has 20 heavy (non-hydrogen) atoms. The zero-order valence-electron chi connectivity index (χ0n) is 13.9. The van der Waals surface area contributed by atoms with Crippen molar-refractivity contribution in [3.05, 3.63) is 11.9 Å². The van der Waals surface area contributed by atoms with Gasteiger partial charge in [-0.3, -0.25) is 0 Å². The monoisotopic (exact) mass is 278 g/mol. The second kappa shape index (κ2) is 7.46. The highest BCUT2D eigenvalue weighted by molar-refractivity contribution is 5.47. The van der Waals surface area contributed by atoms with Crippen LogP contribution in [0.3, 0.4) is 0 Å². The molecule has 0 saturated heterocycles. The Kier molecular flexibility index (Phi) is 6.24. The van der Waals surface area contributed by atoms with Gasteiger partial charge in [0.2, 0.25) is 0 Å². The van der Waals surface area contributed by atoms with Crippen molar-refractivity contribution < 1.29 is 0 Å². The maximum Gasteiger partial charge on any atom is 0.138 e. The Bertz CT molecular complexity index is 407. The van der Waals surface area contributed by atoms with E-state index < -0.39 is 0 Å². The molecule has 114 valence electrons. The van der Waals surface area contributed by atoms with Crippen LogP contribution in [0.5, 0.6) is 0 Å². The van der Waals surface area contributed by atoms with Gasteiger partial charge in [-0.2, -0.15) is 0 Å². The second-order valence-electron chi connectivity index (χ2n) is 6.78. The molecular formula is C16H30N4. The van der Waals surface area contributed by atoms with Gasteiger partial charge in [0.25, 0.3) is 0 Å². The lowest BCUT2D eigenvalue weighted by Gasteiger charge is -2.19. The first-order valence-corrected chi connectivity index (χ1v) is 7.64. The number of hydrogen-bond acceptors (Lipinski definition) is 4. The van der Waals surface area contributed by atoms with Crippen LogP contribution in [-0.4, -0.2) is 23.6 Å². The van der Waals surface area contributed by atoms with Crippen LogP contribution in [-0.2, 0) is 5.41 Å². The molecule has 4 nitrogen and oxygen atoms in total. The number of nitrogens with one attached hydrogen (secondary N) is 2. The van der Waals surface area contributed by atoms with Gasteiger partial charge in [-0.05, 0) is 12.3 Å². The summed E-state index contributed by atoms with van der Waals surface area (Å²) in [6, 6.07) is 1.97. The SMILES string of the molecule is CNc1cc(NCCCCC(C)C)nc(C(C)(C)C)n1. The smallest absolute Gasteiger partial charge is 0.138 e. The van der Waals surface area contributed by atoms with E-state index in [-0.39, 0.29) is 5.41 Å². The molecule has 0 fully saturated rings. The van der Waals surface area contributed by atoms with Gasteiger partial charge >= 0.3 is 0 Å². The first-order valence-electron chi connectivity index (χ1n) is 7.64. The van der Waals surface area contributed by atoms with Gasteiger partial charge < -0.3 is 10.6 Å². The normalized spacial score (nSPS) is 11.8. The highest BCUT2D eigenvalue weighted by Crippen LogP contribution is 2.22. The van der Waals surface area contributed by atoms with Gasteiger partial charge in [0.15, 0.2) is 0 Å². The molecule has 1 heterocycles. The number of rotatable bonds is 7. The quantitative estimate of drug-likeness (QED) is 0.739. The lowest BCUT2D eigenvalue weighted by atomic mass is 9.96. The van der Waals surface area contributed by atoms with Gasteiger partial charge in [-0.15, -0.1) is 0 Å². The predicted octanol–water partition coefficient (Wildman–Crippen LogP) is 4.05. The molecule has 0 spiro atoms. The highest BCUT2D eigenvalue weighted by atomic mass is 15.1. The van der Waals surface area contributed by atoms with Crippen molar-refractivity contribution in [2.45, 2.75) is 59.3 Å². The third-order valence-electron chi connectivity index (χ3n) is 3.17. The molecule has 0 aliphatic rings. The van der Waals surface area contributed by atoms with E-state index in [1.807, 2.05) is 13.1 Å². The molecule has 1 aromatic rings. The van der Waals surface area contributed by atoms with E-state index in [9.17, 15) is 0 Å². The Labute approximate surface area is 123 Å². The number of aromatic nitrogens is 2. The van der Waals surface area contributed by atoms with Gasteiger partial charge in [0.05, 0.1) is 0 Å². The van der Waals surface area contributed by atoms with Crippen molar-refractivity contribution in [2.24, 2.45) is 5.92 Å². The Morgan fingerprint density at radius 1 is 1.10 bits per heavy atom. The van der Waals surface area contributed by atoms with E-state index in [1.54, 1.807) is 0 Å². The molecular weight excluding hydrogens is 248 g/mol. The van der Waals surface area contributed by atoms with Crippen molar-refractivity contribution in [3.8, 4) is 0 Å². The molecule has 0 aromatic carbocycles. The van der Waals surface area contributed by atoms with Crippen LogP contribution in [0.15, 0.2) is 6.07 Å². The Balaban J connectivity index is 2.61. The molecule has 4 heteroatoms. The van der Waals surface area contributed by atoms with Crippen molar-refractivity contribution >= 4 is 11.6 Å². The lowest BCUT2D eigenvalue weighted by Crippen LogP contribution is -2.18. The fourth-order valence-corrected chi connectivity index (χ4v) is 1.90. The van der Waals surface area contributed by atoms with E-state index in [4.69, 9.17) is 0 Å². The van der Waals surface area contributed by atoms with Gasteiger partial charge in [-0.25, -0.2) is 9.97 Å². The maximum absolute atomic E-state index is 4.62. The molecule has 0 unspecified atom stereocenters. The van der Waals surface area contributed by atoms with Crippen LogP contribution < -0.4 is 10.6 Å². The third-order valence-corrected chi connectivity index (χ3v) is 3.17. The first kappa shape index (κ1) is 16.7. The summed E-state index contributed by atoms with van der Waals surface area (Å²) in [7, 11) is 1.89. The fraction of sp³-hybridized carbons (Fsp3) is 0.750. The summed E-state index contributed by atoms with van der Waals surface area (Å²) in [6.07, 6.45) is 3.74. The Morgan fingerprint density at radius 2 is 1.75 bits per heavy atom. The van der Waals surface area contributed by atoms with E-state index in [1.165, 1.54) is 19.3 Å². The maximum atomic E-state index is 4.62. The molecule has 0 amide bonds. The number of anilines is 2. The lowest BCUT2D eigenvalue weighted by molar-refractivity contribution is 0.541. The molecule has 0 aliphatic carbocycles. The molecule has 0 aliphatic heterocycles. The van der Waals surface area contributed by atoms with Crippen LogP contribution in [0, 0.1) is 5.92 Å². The zero-order valence-corrected chi connectivity index (χ0v) is 13.9. The summed E-state index contributed by atoms with van der Waals surface area (Å²) in [5, 5.41) is 6.52.